The zero-order valence-corrected chi connectivity index (χ0v) is 8.56. The fraction of sp³-hybridized carbons (Fsp3) is 0.500. The molecule has 1 saturated heterocycles. The van der Waals surface area contributed by atoms with Gasteiger partial charge in [-0.1, -0.05) is 0 Å². The fourth-order valence-electron chi connectivity index (χ4n) is 1.77. The quantitative estimate of drug-likeness (QED) is 0.607. The number of aromatic nitrogens is 1. The first-order chi connectivity index (χ1) is 7.29. The molecule has 5 nitrogen and oxygen atoms in total. The van der Waals surface area contributed by atoms with Gasteiger partial charge >= 0.3 is 0 Å². The Morgan fingerprint density at radius 1 is 1.60 bits per heavy atom. The van der Waals surface area contributed by atoms with Crippen LogP contribution in [0.2, 0.25) is 0 Å². The van der Waals surface area contributed by atoms with Crippen molar-refractivity contribution in [2.24, 2.45) is 0 Å². The lowest BCUT2D eigenvalue weighted by molar-refractivity contribution is 0.235. The summed E-state index contributed by atoms with van der Waals surface area (Å²) >= 11 is 0. The fourth-order valence-corrected chi connectivity index (χ4v) is 1.77. The summed E-state index contributed by atoms with van der Waals surface area (Å²) in [5.41, 5.74) is 6.59. The van der Waals surface area contributed by atoms with Gasteiger partial charge in [0, 0.05) is 25.7 Å². The van der Waals surface area contributed by atoms with Crippen molar-refractivity contribution in [2.45, 2.75) is 6.04 Å². The Balaban J connectivity index is 2.06. The van der Waals surface area contributed by atoms with E-state index in [1.165, 1.54) is 0 Å². The van der Waals surface area contributed by atoms with E-state index in [2.05, 4.69) is 15.2 Å². The van der Waals surface area contributed by atoms with Crippen LogP contribution in [0.5, 0.6) is 0 Å². The van der Waals surface area contributed by atoms with Crippen LogP contribution >= 0.6 is 0 Å². The van der Waals surface area contributed by atoms with Crippen molar-refractivity contribution in [2.75, 3.05) is 36.9 Å². The third-order valence-corrected chi connectivity index (χ3v) is 2.61. The van der Waals surface area contributed by atoms with Crippen LogP contribution in [-0.2, 0) is 0 Å². The maximum atomic E-state index is 9.08. The SMILES string of the molecule is Nc1ccc(N2CCNC(CO)C2)cn1. The molecule has 1 aromatic heterocycles. The molecule has 2 heterocycles. The van der Waals surface area contributed by atoms with Crippen LogP contribution in [0.25, 0.3) is 0 Å². The van der Waals surface area contributed by atoms with E-state index in [9.17, 15) is 0 Å². The predicted molar refractivity (Wildman–Crippen MR) is 59.7 cm³/mol. The lowest BCUT2D eigenvalue weighted by Crippen LogP contribution is -2.52. The highest BCUT2D eigenvalue weighted by atomic mass is 16.3. The smallest absolute Gasteiger partial charge is 0.123 e. The standard InChI is InChI=1S/C10H16N4O/c11-10-2-1-9(5-13-10)14-4-3-12-8(6-14)7-15/h1-2,5,8,12,15H,3-4,6-7H2,(H2,11,13). The molecule has 1 aromatic rings. The largest absolute Gasteiger partial charge is 0.395 e. The van der Waals surface area contributed by atoms with Gasteiger partial charge in [-0.15, -0.1) is 0 Å². The minimum Gasteiger partial charge on any atom is -0.395 e. The molecule has 1 aliphatic rings. The maximum absolute atomic E-state index is 9.08. The number of rotatable bonds is 2. The van der Waals surface area contributed by atoms with Crippen molar-refractivity contribution >= 4 is 11.5 Å². The predicted octanol–water partition coefficient (Wildman–Crippen LogP) is -0.566. The normalized spacial score (nSPS) is 21.7. The number of piperazine rings is 1. The van der Waals surface area contributed by atoms with E-state index >= 15 is 0 Å². The molecule has 1 fully saturated rings. The molecular weight excluding hydrogens is 192 g/mol. The number of pyridine rings is 1. The van der Waals surface area contributed by atoms with Crippen LogP contribution in [-0.4, -0.2) is 42.4 Å². The van der Waals surface area contributed by atoms with E-state index in [-0.39, 0.29) is 12.6 Å². The summed E-state index contributed by atoms with van der Waals surface area (Å²) in [7, 11) is 0. The summed E-state index contributed by atoms with van der Waals surface area (Å²) in [4.78, 5) is 6.26. The molecule has 0 amide bonds. The molecule has 0 radical (unpaired) electrons. The average molecular weight is 208 g/mol. The van der Waals surface area contributed by atoms with Crippen LogP contribution < -0.4 is 16.0 Å². The van der Waals surface area contributed by atoms with Gasteiger partial charge in [0.15, 0.2) is 0 Å². The number of aliphatic hydroxyl groups is 1. The third kappa shape index (κ3) is 2.37. The summed E-state index contributed by atoms with van der Waals surface area (Å²) < 4.78 is 0. The van der Waals surface area contributed by atoms with Gasteiger partial charge < -0.3 is 21.1 Å². The van der Waals surface area contributed by atoms with Crippen LogP contribution in [0, 0.1) is 0 Å². The molecule has 15 heavy (non-hydrogen) atoms. The zero-order chi connectivity index (χ0) is 10.7. The molecule has 0 spiro atoms. The van der Waals surface area contributed by atoms with Gasteiger partial charge in [0.25, 0.3) is 0 Å². The van der Waals surface area contributed by atoms with Gasteiger partial charge in [-0.3, -0.25) is 0 Å². The molecule has 5 heteroatoms. The topological polar surface area (TPSA) is 74.4 Å². The van der Waals surface area contributed by atoms with E-state index in [4.69, 9.17) is 10.8 Å². The van der Waals surface area contributed by atoms with Crippen molar-refractivity contribution in [1.82, 2.24) is 10.3 Å². The number of hydrogen-bond acceptors (Lipinski definition) is 5. The number of nitrogen functional groups attached to an aromatic ring is 1. The summed E-state index contributed by atoms with van der Waals surface area (Å²) in [5, 5.41) is 12.3. The highest BCUT2D eigenvalue weighted by Crippen LogP contribution is 2.15. The van der Waals surface area contributed by atoms with Crippen molar-refractivity contribution in [3.05, 3.63) is 18.3 Å². The highest BCUT2D eigenvalue weighted by molar-refractivity contribution is 5.48. The number of anilines is 2. The lowest BCUT2D eigenvalue weighted by atomic mass is 10.2. The molecule has 82 valence electrons. The van der Waals surface area contributed by atoms with Crippen LogP contribution in [0.15, 0.2) is 18.3 Å². The number of nitrogens with zero attached hydrogens (tertiary/aromatic N) is 2. The van der Waals surface area contributed by atoms with Crippen molar-refractivity contribution in [3.63, 3.8) is 0 Å². The van der Waals surface area contributed by atoms with Crippen LogP contribution in [0.3, 0.4) is 0 Å². The number of hydrogen-bond donors (Lipinski definition) is 3. The molecule has 2 rings (SSSR count). The van der Waals surface area contributed by atoms with Gasteiger partial charge in [-0.25, -0.2) is 4.98 Å². The lowest BCUT2D eigenvalue weighted by Gasteiger charge is -2.34. The molecule has 0 aromatic carbocycles. The summed E-state index contributed by atoms with van der Waals surface area (Å²) in [6, 6.07) is 3.91. The number of nitrogens with two attached hydrogens (primary N) is 1. The van der Waals surface area contributed by atoms with Gasteiger partial charge in [0.05, 0.1) is 18.5 Å². The van der Waals surface area contributed by atoms with E-state index < -0.39 is 0 Å². The second-order valence-corrected chi connectivity index (χ2v) is 3.72. The molecule has 0 bridgehead atoms. The Kier molecular flexibility index (Phi) is 3.03. The van der Waals surface area contributed by atoms with Crippen molar-refractivity contribution in [3.8, 4) is 0 Å². The monoisotopic (exact) mass is 208 g/mol. The summed E-state index contributed by atoms with van der Waals surface area (Å²) in [6.45, 7) is 2.79. The zero-order valence-electron chi connectivity index (χ0n) is 8.56. The van der Waals surface area contributed by atoms with E-state index in [0.29, 0.717) is 5.82 Å². The summed E-state index contributed by atoms with van der Waals surface area (Å²) in [5.74, 6) is 0.535. The Labute approximate surface area is 88.9 Å². The molecule has 1 aliphatic heterocycles. The first-order valence-electron chi connectivity index (χ1n) is 5.10. The number of nitrogens with one attached hydrogen (secondary N) is 1. The Morgan fingerprint density at radius 2 is 2.47 bits per heavy atom. The second-order valence-electron chi connectivity index (χ2n) is 3.72. The van der Waals surface area contributed by atoms with Crippen molar-refractivity contribution in [1.29, 1.82) is 0 Å². The van der Waals surface area contributed by atoms with Crippen LogP contribution in [0.4, 0.5) is 11.5 Å². The van der Waals surface area contributed by atoms with E-state index in [1.54, 1.807) is 12.3 Å². The molecule has 1 unspecified atom stereocenters. The summed E-state index contributed by atoms with van der Waals surface area (Å²) in [6.07, 6.45) is 1.77. The number of aliphatic hydroxyl groups excluding tert-OH is 1. The minimum absolute atomic E-state index is 0.149. The highest BCUT2D eigenvalue weighted by Gasteiger charge is 2.18. The first-order valence-corrected chi connectivity index (χ1v) is 5.10. The van der Waals surface area contributed by atoms with E-state index in [1.807, 2.05) is 6.07 Å². The third-order valence-electron chi connectivity index (χ3n) is 2.61. The molecule has 1 atom stereocenters. The Morgan fingerprint density at radius 3 is 3.13 bits per heavy atom. The van der Waals surface area contributed by atoms with Gasteiger partial charge in [-0.05, 0) is 12.1 Å². The Bertz CT molecular complexity index is 314. The molecule has 0 saturated carbocycles. The van der Waals surface area contributed by atoms with Crippen LogP contribution in [0.1, 0.15) is 0 Å². The second kappa shape index (κ2) is 4.46. The molecule has 4 N–H and O–H groups in total. The maximum Gasteiger partial charge on any atom is 0.123 e. The molecule has 0 aliphatic carbocycles. The minimum atomic E-state index is 0.149. The van der Waals surface area contributed by atoms with Gasteiger partial charge in [0.2, 0.25) is 0 Å². The van der Waals surface area contributed by atoms with E-state index in [0.717, 1.165) is 25.3 Å². The van der Waals surface area contributed by atoms with Gasteiger partial charge in [-0.2, -0.15) is 0 Å². The molecular formula is C10H16N4O. The average Bonchev–Trinajstić information content (AvgIpc) is 2.30. The van der Waals surface area contributed by atoms with Gasteiger partial charge in [0.1, 0.15) is 5.82 Å². The van der Waals surface area contributed by atoms with Crippen molar-refractivity contribution < 1.29 is 5.11 Å². The first kappa shape index (κ1) is 10.2. The Hall–Kier alpha value is -1.33.